The monoisotopic (exact) mass is 920 g/mol. The maximum atomic E-state index is 16.3. The minimum Gasteiger partial charge on any atom is -0.204 e. The molecule has 0 heterocycles. The molecule has 0 nitrogen and oxygen atoms in total. The lowest BCUT2D eigenvalue weighted by atomic mass is 9.23. The topological polar surface area (TPSA) is 0 Å². The van der Waals surface area contributed by atoms with Gasteiger partial charge < -0.3 is 0 Å². The highest BCUT2D eigenvalue weighted by atomic mass is 19.2. The van der Waals surface area contributed by atoms with Gasteiger partial charge in [-0.15, -0.1) is 0 Å². The summed E-state index contributed by atoms with van der Waals surface area (Å²) in [6, 6.07) is 9.13. The van der Waals surface area contributed by atoms with E-state index in [0.717, 1.165) is 24.3 Å². The van der Waals surface area contributed by atoms with E-state index in [1.165, 1.54) is 6.07 Å². The van der Waals surface area contributed by atoms with E-state index >= 15 is 52.7 Å². The third-order valence-electron chi connectivity index (χ3n) is 10.4. The van der Waals surface area contributed by atoms with Crippen molar-refractivity contribution in [2.45, 2.75) is 5.31 Å². The van der Waals surface area contributed by atoms with Crippen molar-refractivity contribution in [1.82, 2.24) is 0 Å². The van der Waals surface area contributed by atoms with Crippen molar-refractivity contribution in [3.63, 3.8) is 0 Å². The molecule has 0 aliphatic rings. The van der Waals surface area contributed by atoms with Gasteiger partial charge in [-0.1, -0.05) is 78.9 Å². The number of rotatable bonds is 8. The average Bonchev–Trinajstić information content (AvgIpc) is 3.30. The van der Waals surface area contributed by atoms with Crippen LogP contribution in [0, 0.1) is 116 Å². The molecule has 0 unspecified atom stereocenters. The van der Waals surface area contributed by atoms with Crippen LogP contribution in [-0.2, 0) is 5.31 Å². The van der Waals surface area contributed by atoms with Crippen LogP contribution in [0.5, 0.6) is 0 Å². The zero-order valence-corrected chi connectivity index (χ0v) is 30.6. The molecule has 0 saturated heterocycles. The fourth-order valence-electron chi connectivity index (χ4n) is 7.55. The second-order valence-electron chi connectivity index (χ2n) is 13.6. The van der Waals surface area contributed by atoms with Crippen molar-refractivity contribution in [1.29, 1.82) is 0 Å². The Hall–Kier alpha value is -6.80. The van der Waals surface area contributed by atoms with Crippen molar-refractivity contribution in [2.75, 3.05) is 0 Å². The van der Waals surface area contributed by atoms with E-state index < -0.39 is 178 Å². The minimum atomic E-state index is -3.50. The van der Waals surface area contributed by atoms with Crippen molar-refractivity contribution in [2.24, 2.45) is 0 Å². The fraction of sp³-hybridized carbons (Fsp3) is 0.0233. The first-order valence-corrected chi connectivity index (χ1v) is 17.4. The van der Waals surface area contributed by atoms with Gasteiger partial charge in [0.15, 0.2) is 105 Å². The second-order valence-corrected chi connectivity index (χ2v) is 13.6. The van der Waals surface area contributed by atoms with E-state index in [4.69, 9.17) is 0 Å². The van der Waals surface area contributed by atoms with Gasteiger partial charge >= 0.3 is 0 Å². The highest BCUT2D eigenvalue weighted by Crippen LogP contribution is 2.45. The van der Waals surface area contributed by atoms with E-state index in [9.17, 15) is 35.1 Å². The third-order valence-corrected chi connectivity index (χ3v) is 10.4. The Morgan fingerprint density at radius 3 is 0.719 bits per heavy atom. The standard InChI is InChI=1S/C43H13BF20/c45-23-19(24(46)32(54)39(61)31(23)53)14-6-10-17(11-7-14)43(16-4-2-1-3-5-16,18-12-8-15(9-13-18)20-25(47)33(55)40(62)34(56)26(20)48)44(21-27(49)35(57)41(63)36(58)28(21)50)22-29(51)37(59)42(64)38(60)30(22)52/h1-13H. The molecule has 7 aromatic rings. The van der Waals surface area contributed by atoms with E-state index in [1.54, 1.807) is 0 Å². The maximum Gasteiger partial charge on any atom is 0.245 e. The van der Waals surface area contributed by atoms with Crippen molar-refractivity contribution >= 4 is 17.6 Å². The Labute approximate surface area is 344 Å². The molecule has 0 aliphatic carbocycles. The Morgan fingerprint density at radius 1 is 0.234 bits per heavy atom. The van der Waals surface area contributed by atoms with Gasteiger partial charge in [0, 0.05) is 16.2 Å². The van der Waals surface area contributed by atoms with E-state index in [-0.39, 0.29) is 0 Å². The zero-order valence-electron chi connectivity index (χ0n) is 30.6. The normalized spacial score (nSPS) is 11.8. The average molecular weight is 920 g/mol. The van der Waals surface area contributed by atoms with Gasteiger partial charge in [0.25, 0.3) is 0 Å². The molecule has 0 aromatic heterocycles. The van der Waals surface area contributed by atoms with Gasteiger partial charge in [0.2, 0.25) is 18.3 Å². The molecule has 7 rings (SSSR count). The number of benzene rings is 7. The van der Waals surface area contributed by atoms with Crippen molar-refractivity contribution < 1.29 is 87.8 Å². The molecule has 0 atom stereocenters. The Bertz CT molecular complexity index is 2750. The van der Waals surface area contributed by atoms with Gasteiger partial charge in [-0.2, -0.15) is 0 Å². The van der Waals surface area contributed by atoms with E-state index in [0.29, 0.717) is 48.5 Å². The van der Waals surface area contributed by atoms with Crippen LogP contribution < -0.4 is 10.9 Å². The molecule has 21 heteroatoms. The molecule has 7 aromatic carbocycles. The van der Waals surface area contributed by atoms with Crippen LogP contribution in [-0.4, -0.2) is 6.71 Å². The third kappa shape index (κ3) is 6.56. The molecule has 0 aliphatic heterocycles. The highest BCUT2D eigenvalue weighted by Gasteiger charge is 2.54. The number of halogens is 20. The molecule has 0 radical (unpaired) electrons. The Balaban J connectivity index is 1.71. The molecule has 0 bridgehead atoms. The summed E-state index contributed by atoms with van der Waals surface area (Å²) in [4.78, 5) is 0. The summed E-state index contributed by atoms with van der Waals surface area (Å²) in [6.45, 7) is -3.50. The quantitative estimate of drug-likeness (QED) is 0.0468. The predicted molar refractivity (Wildman–Crippen MR) is 187 cm³/mol. The summed E-state index contributed by atoms with van der Waals surface area (Å²) in [5, 5.41) is -3.30. The van der Waals surface area contributed by atoms with Gasteiger partial charge in [-0.05, 0) is 27.8 Å². The van der Waals surface area contributed by atoms with Gasteiger partial charge in [-0.3, -0.25) is 0 Å². The smallest absolute Gasteiger partial charge is 0.204 e. The summed E-state index contributed by atoms with van der Waals surface area (Å²) in [6.07, 6.45) is 0. The molecule has 328 valence electrons. The van der Waals surface area contributed by atoms with Crippen LogP contribution >= 0.6 is 0 Å². The van der Waals surface area contributed by atoms with Gasteiger partial charge in [-0.25, -0.2) is 87.8 Å². The van der Waals surface area contributed by atoms with E-state index in [1.807, 2.05) is 0 Å². The molecule has 64 heavy (non-hydrogen) atoms. The van der Waals surface area contributed by atoms with Crippen LogP contribution in [0.4, 0.5) is 87.8 Å². The first kappa shape index (κ1) is 45.2. The highest BCUT2D eigenvalue weighted by molar-refractivity contribution is 6.89. The molecule has 0 N–H and O–H groups in total. The van der Waals surface area contributed by atoms with Crippen LogP contribution in [0.1, 0.15) is 16.7 Å². The lowest BCUT2D eigenvalue weighted by Gasteiger charge is -2.42. The minimum absolute atomic E-state index is 0.489. The van der Waals surface area contributed by atoms with Crippen molar-refractivity contribution in [3.8, 4) is 22.3 Å². The summed E-state index contributed by atoms with van der Waals surface area (Å²) in [5.74, 6) is -53.9. The first-order valence-electron chi connectivity index (χ1n) is 17.4. The molecular weight excluding hydrogens is 907 g/mol. The van der Waals surface area contributed by atoms with Crippen molar-refractivity contribution in [3.05, 3.63) is 212 Å². The number of hydrogen-bond donors (Lipinski definition) is 0. The molecule has 0 amide bonds. The zero-order chi connectivity index (χ0) is 47.0. The van der Waals surface area contributed by atoms with Crippen LogP contribution in [0.3, 0.4) is 0 Å². The molecular formula is C43H13BF20. The molecule has 0 fully saturated rings. The molecule has 0 spiro atoms. The second kappa shape index (κ2) is 16.4. The van der Waals surface area contributed by atoms with Crippen LogP contribution in [0.25, 0.3) is 22.3 Å². The van der Waals surface area contributed by atoms with E-state index in [2.05, 4.69) is 0 Å². The van der Waals surface area contributed by atoms with Crippen LogP contribution in [0.2, 0.25) is 0 Å². The number of hydrogen-bond acceptors (Lipinski definition) is 0. The van der Waals surface area contributed by atoms with Crippen LogP contribution in [0.15, 0.2) is 78.9 Å². The lowest BCUT2D eigenvalue weighted by molar-refractivity contribution is 0.381. The summed E-state index contributed by atoms with van der Waals surface area (Å²) in [7, 11) is 0. The largest absolute Gasteiger partial charge is 0.245 e. The Morgan fingerprint density at radius 2 is 0.453 bits per heavy atom. The van der Waals surface area contributed by atoms with Gasteiger partial charge in [0.05, 0.1) is 11.1 Å². The maximum absolute atomic E-state index is 16.3. The predicted octanol–water partition coefficient (Wildman–Crippen LogP) is 12.0. The first-order chi connectivity index (χ1) is 30.1. The fourth-order valence-corrected chi connectivity index (χ4v) is 7.55. The lowest BCUT2D eigenvalue weighted by Crippen LogP contribution is -2.64. The Kier molecular flexibility index (Phi) is 11.6. The molecule has 0 saturated carbocycles. The SMILES string of the molecule is Fc1c(F)c(F)c(B(c2c(F)c(F)c(F)c(F)c2F)C(c2ccccc2)(c2ccc(-c3c(F)c(F)c(F)c(F)c3F)cc2)c2ccc(-c3c(F)c(F)c(F)c(F)c3F)cc2)c(F)c1F. The summed E-state index contributed by atoms with van der Waals surface area (Å²) >= 11 is 0. The summed E-state index contributed by atoms with van der Waals surface area (Å²) < 4.78 is 301. The van der Waals surface area contributed by atoms with Gasteiger partial charge in [0.1, 0.15) is 0 Å². The summed E-state index contributed by atoms with van der Waals surface area (Å²) in [5.41, 5.74) is -12.3.